The van der Waals surface area contributed by atoms with Crippen molar-refractivity contribution in [1.29, 1.82) is 0 Å². The van der Waals surface area contributed by atoms with Gasteiger partial charge >= 0.3 is 0 Å². The summed E-state index contributed by atoms with van der Waals surface area (Å²) in [5.74, 6) is -1.43. The number of hydrogen-bond donors (Lipinski definition) is 1. The van der Waals surface area contributed by atoms with Crippen LogP contribution in [0.3, 0.4) is 0 Å². The van der Waals surface area contributed by atoms with Crippen LogP contribution in [0.5, 0.6) is 0 Å². The smallest absolute Gasteiger partial charge is 0.224 e. The molecule has 0 saturated carbocycles. The standard InChI is InChI=1S/C21H24F2N2O/c1-15(19-10-9-18(22)12-20(19)23)24-21(26)17-8-5-11-25(14-17)13-16-6-3-2-4-7-16/h2-4,6-7,9-10,12,15,17H,5,8,11,13-14H2,1H3,(H,24,26). The summed E-state index contributed by atoms with van der Waals surface area (Å²) in [7, 11) is 0. The average Bonchev–Trinajstić information content (AvgIpc) is 2.62. The molecule has 26 heavy (non-hydrogen) atoms. The van der Waals surface area contributed by atoms with Crippen LogP contribution in [0.25, 0.3) is 0 Å². The van der Waals surface area contributed by atoms with Crippen molar-refractivity contribution >= 4 is 5.91 Å². The molecule has 0 aliphatic carbocycles. The van der Waals surface area contributed by atoms with Crippen LogP contribution >= 0.6 is 0 Å². The van der Waals surface area contributed by atoms with E-state index in [0.29, 0.717) is 12.1 Å². The van der Waals surface area contributed by atoms with Gasteiger partial charge in [0.05, 0.1) is 12.0 Å². The van der Waals surface area contributed by atoms with Gasteiger partial charge in [0.1, 0.15) is 11.6 Å². The number of nitrogens with one attached hydrogen (secondary N) is 1. The second-order valence-electron chi connectivity index (χ2n) is 6.96. The molecule has 0 spiro atoms. The number of hydrogen-bond acceptors (Lipinski definition) is 2. The van der Waals surface area contributed by atoms with Gasteiger partial charge in [-0.15, -0.1) is 0 Å². The first-order valence-corrected chi connectivity index (χ1v) is 9.04. The second-order valence-corrected chi connectivity index (χ2v) is 6.96. The van der Waals surface area contributed by atoms with Gasteiger partial charge < -0.3 is 5.32 Å². The van der Waals surface area contributed by atoms with Crippen molar-refractivity contribution in [3.63, 3.8) is 0 Å². The molecular formula is C21H24F2N2O. The SMILES string of the molecule is CC(NC(=O)C1CCCN(Cc2ccccc2)C1)c1ccc(F)cc1F. The van der Waals surface area contributed by atoms with Crippen LogP contribution in [0.2, 0.25) is 0 Å². The molecule has 1 heterocycles. The zero-order valence-corrected chi connectivity index (χ0v) is 14.9. The van der Waals surface area contributed by atoms with Gasteiger partial charge in [-0.1, -0.05) is 36.4 Å². The van der Waals surface area contributed by atoms with Gasteiger partial charge in [-0.2, -0.15) is 0 Å². The van der Waals surface area contributed by atoms with Gasteiger partial charge in [0.15, 0.2) is 0 Å². The Balaban J connectivity index is 1.58. The third kappa shape index (κ3) is 4.67. The third-order valence-electron chi connectivity index (χ3n) is 4.91. The summed E-state index contributed by atoms with van der Waals surface area (Å²) in [4.78, 5) is 14.9. The molecule has 2 aromatic rings. The zero-order chi connectivity index (χ0) is 18.5. The largest absolute Gasteiger partial charge is 0.349 e. The molecule has 0 bridgehead atoms. The first kappa shape index (κ1) is 18.5. The number of carbonyl (C=O) groups excluding carboxylic acids is 1. The Bertz CT molecular complexity index is 751. The number of benzene rings is 2. The Morgan fingerprint density at radius 3 is 2.73 bits per heavy atom. The molecule has 1 aliphatic heterocycles. The molecule has 2 aromatic carbocycles. The fourth-order valence-electron chi connectivity index (χ4n) is 3.52. The topological polar surface area (TPSA) is 32.3 Å². The highest BCUT2D eigenvalue weighted by Crippen LogP contribution is 2.22. The van der Waals surface area contributed by atoms with E-state index in [4.69, 9.17) is 0 Å². The van der Waals surface area contributed by atoms with Crippen LogP contribution in [-0.2, 0) is 11.3 Å². The molecule has 1 fully saturated rings. The van der Waals surface area contributed by atoms with Gasteiger partial charge in [-0.25, -0.2) is 8.78 Å². The lowest BCUT2D eigenvalue weighted by Crippen LogP contribution is -2.43. The van der Waals surface area contributed by atoms with Gasteiger partial charge in [0.2, 0.25) is 5.91 Å². The van der Waals surface area contributed by atoms with Crippen LogP contribution in [0.15, 0.2) is 48.5 Å². The number of nitrogens with zero attached hydrogens (tertiary/aromatic N) is 1. The monoisotopic (exact) mass is 358 g/mol. The lowest BCUT2D eigenvalue weighted by molar-refractivity contribution is -0.127. The minimum atomic E-state index is -0.632. The summed E-state index contributed by atoms with van der Waals surface area (Å²) < 4.78 is 27.0. The van der Waals surface area contributed by atoms with E-state index in [-0.39, 0.29) is 11.8 Å². The molecular weight excluding hydrogens is 334 g/mol. The van der Waals surface area contributed by atoms with Crippen molar-refractivity contribution in [3.8, 4) is 0 Å². The molecule has 3 nitrogen and oxygen atoms in total. The van der Waals surface area contributed by atoms with E-state index in [1.807, 2.05) is 18.2 Å². The Hall–Kier alpha value is -2.27. The lowest BCUT2D eigenvalue weighted by atomic mass is 9.96. The third-order valence-corrected chi connectivity index (χ3v) is 4.91. The Kier molecular flexibility index (Phi) is 5.99. The van der Waals surface area contributed by atoms with Crippen LogP contribution in [0.4, 0.5) is 8.78 Å². The highest BCUT2D eigenvalue weighted by molar-refractivity contribution is 5.79. The van der Waals surface area contributed by atoms with E-state index in [1.54, 1.807) is 6.92 Å². The van der Waals surface area contributed by atoms with E-state index in [0.717, 1.165) is 32.0 Å². The lowest BCUT2D eigenvalue weighted by Gasteiger charge is -2.32. The highest BCUT2D eigenvalue weighted by Gasteiger charge is 2.27. The molecule has 138 valence electrons. The quantitative estimate of drug-likeness (QED) is 0.874. The molecule has 1 amide bonds. The average molecular weight is 358 g/mol. The molecule has 1 N–H and O–H groups in total. The van der Waals surface area contributed by atoms with Crippen molar-refractivity contribution < 1.29 is 13.6 Å². The maximum atomic E-state index is 13.9. The predicted molar refractivity (Wildman–Crippen MR) is 97.4 cm³/mol. The van der Waals surface area contributed by atoms with Crippen molar-refractivity contribution in [2.45, 2.75) is 32.4 Å². The van der Waals surface area contributed by atoms with E-state index in [1.165, 1.54) is 17.7 Å². The van der Waals surface area contributed by atoms with E-state index >= 15 is 0 Å². The number of piperidine rings is 1. The molecule has 0 aromatic heterocycles. The minimum Gasteiger partial charge on any atom is -0.349 e. The molecule has 1 saturated heterocycles. The van der Waals surface area contributed by atoms with Crippen molar-refractivity contribution in [1.82, 2.24) is 10.2 Å². The van der Waals surface area contributed by atoms with Crippen LogP contribution in [-0.4, -0.2) is 23.9 Å². The summed E-state index contributed by atoms with van der Waals surface area (Å²) in [6.07, 6.45) is 1.79. The summed E-state index contributed by atoms with van der Waals surface area (Å²) >= 11 is 0. The molecule has 3 rings (SSSR count). The minimum absolute atomic E-state index is 0.0704. The summed E-state index contributed by atoms with van der Waals surface area (Å²) in [6, 6.07) is 13.2. The van der Waals surface area contributed by atoms with E-state index in [9.17, 15) is 13.6 Å². The fraction of sp³-hybridized carbons (Fsp3) is 0.381. The first-order valence-electron chi connectivity index (χ1n) is 9.04. The van der Waals surface area contributed by atoms with E-state index in [2.05, 4.69) is 22.3 Å². The zero-order valence-electron chi connectivity index (χ0n) is 14.9. The highest BCUT2D eigenvalue weighted by atomic mass is 19.1. The number of halogens is 2. The fourth-order valence-corrected chi connectivity index (χ4v) is 3.52. The maximum absolute atomic E-state index is 13.9. The van der Waals surface area contributed by atoms with Crippen molar-refractivity contribution in [2.75, 3.05) is 13.1 Å². The molecule has 0 radical (unpaired) electrons. The van der Waals surface area contributed by atoms with Crippen LogP contribution < -0.4 is 5.32 Å². The van der Waals surface area contributed by atoms with Crippen molar-refractivity contribution in [2.24, 2.45) is 5.92 Å². The van der Waals surface area contributed by atoms with Gasteiger partial charge in [0.25, 0.3) is 0 Å². The predicted octanol–water partition coefficient (Wildman–Crippen LogP) is 4.05. The Labute approximate surface area is 153 Å². The second kappa shape index (κ2) is 8.41. The number of amides is 1. The summed E-state index contributed by atoms with van der Waals surface area (Å²) in [5.41, 5.74) is 1.53. The van der Waals surface area contributed by atoms with Gasteiger partial charge in [-0.3, -0.25) is 9.69 Å². The van der Waals surface area contributed by atoms with Gasteiger partial charge in [0, 0.05) is 24.7 Å². The normalized spacial score (nSPS) is 19.1. The molecule has 2 unspecified atom stereocenters. The molecule has 2 atom stereocenters. The summed E-state index contributed by atoms with van der Waals surface area (Å²) in [6.45, 7) is 4.21. The maximum Gasteiger partial charge on any atom is 0.224 e. The van der Waals surface area contributed by atoms with Gasteiger partial charge in [-0.05, 0) is 37.9 Å². The number of likely N-dealkylation sites (tertiary alicyclic amines) is 1. The summed E-state index contributed by atoms with van der Waals surface area (Å²) in [5, 5.41) is 2.88. The number of rotatable bonds is 5. The van der Waals surface area contributed by atoms with Crippen molar-refractivity contribution in [3.05, 3.63) is 71.3 Å². The Morgan fingerprint density at radius 1 is 1.23 bits per heavy atom. The number of carbonyl (C=O) groups is 1. The Morgan fingerprint density at radius 2 is 2.00 bits per heavy atom. The van der Waals surface area contributed by atoms with E-state index < -0.39 is 17.7 Å². The molecule has 5 heteroatoms. The molecule has 1 aliphatic rings. The van der Waals surface area contributed by atoms with Crippen LogP contribution in [0.1, 0.15) is 36.9 Å². The van der Waals surface area contributed by atoms with Crippen LogP contribution in [0, 0.1) is 17.6 Å². The first-order chi connectivity index (χ1) is 12.5.